The van der Waals surface area contributed by atoms with Gasteiger partial charge in [0.25, 0.3) is 0 Å². The number of halogens is 3. The topological polar surface area (TPSA) is 279 Å². The summed E-state index contributed by atoms with van der Waals surface area (Å²) in [6, 6.07) is 15.5. The number of carboxylic acid groups (broad SMARTS) is 1. The molecule has 18 heteroatoms. The smallest absolute Gasteiger partial charge is 0.475 e. The minimum atomic E-state index is -5.08. The van der Waals surface area contributed by atoms with Gasteiger partial charge in [-0.2, -0.15) is 13.2 Å². The number of hydrogen-bond donors (Lipinski definition) is 10. The molecular weight excluding hydrogens is 687 g/mol. The Morgan fingerprint density at radius 2 is 1.48 bits per heavy atom. The van der Waals surface area contributed by atoms with Crippen molar-refractivity contribution in [2.45, 2.75) is 63.7 Å². The quantitative estimate of drug-likeness (QED) is 0.0513. The number of carboxylic acids is 1. The van der Waals surface area contributed by atoms with Crippen molar-refractivity contribution in [3.05, 3.63) is 71.3 Å². The van der Waals surface area contributed by atoms with E-state index in [-0.39, 0.29) is 42.5 Å². The number of nitrogen functional groups attached to an aromatic ring is 1. The van der Waals surface area contributed by atoms with Crippen LogP contribution in [-0.4, -0.2) is 71.8 Å². The molecule has 0 aromatic heterocycles. The van der Waals surface area contributed by atoms with E-state index in [0.29, 0.717) is 44.3 Å². The van der Waals surface area contributed by atoms with Crippen LogP contribution >= 0.6 is 0 Å². The summed E-state index contributed by atoms with van der Waals surface area (Å²) in [5, 5.41) is 33.2. The molecule has 4 atom stereocenters. The average molecular weight is 734 g/mol. The Morgan fingerprint density at radius 3 is 2.04 bits per heavy atom. The van der Waals surface area contributed by atoms with Gasteiger partial charge in [0.05, 0.1) is 0 Å². The Bertz CT molecular complexity index is 1540. The average Bonchev–Trinajstić information content (AvgIpc) is 3.10. The summed E-state index contributed by atoms with van der Waals surface area (Å²) in [6.07, 6.45) is -1.32. The van der Waals surface area contributed by atoms with E-state index in [4.69, 9.17) is 37.9 Å². The standard InChI is InChI=1S/C32H45N9O4.C2HF3O2/c33-27(34)23-13-11-20(12-14-23)17-25(30(44)39-18-21-6-2-1-3-7-21)31(45)40-19-22-8-4-9-24(16-22)29(43)41-26(28(35)42)10-5-15-38-32(36)37;3-2(4,5)1(6)7/h1-3,6-7,11-14,22,24-26H,4-5,8-10,15-19H2,(H3,33,34)(H2,35,42)(H,39,44)(H,40,45)(H,41,43)(H4,36,37,38);(H,6,7)/t22?,24?,25?,26-;/m0./s1. The predicted octanol–water partition coefficient (Wildman–Crippen LogP) is 1.24. The van der Waals surface area contributed by atoms with Gasteiger partial charge in [-0.3, -0.25) is 30.0 Å². The van der Waals surface area contributed by atoms with Gasteiger partial charge in [0.15, 0.2) is 5.96 Å². The van der Waals surface area contributed by atoms with Crippen LogP contribution in [0.3, 0.4) is 0 Å². The lowest BCUT2D eigenvalue weighted by molar-refractivity contribution is -0.192. The van der Waals surface area contributed by atoms with Crippen molar-refractivity contribution in [1.29, 1.82) is 10.8 Å². The van der Waals surface area contributed by atoms with Gasteiger partial charge in [0.1, 0.15) is 17.8 Å². The number of benzene rings is 2. The molecule has 0 bridgehead atoms. The molecule has 3 rings (SSSR count). The zero-order chi connectivity index (χ0) is 38.8. The van der Waals surface area contributed by atoms with E-state index in [2.05, 4.69) is 21.3 Å². The highest BCUT2D eigenvalue weighted by Gasteiger charge is 2.38. The van der Waals surface area contributed by atoms with E-state index >= 15 is 0 Å². The molecule has 0 saturated heterocycles. The van der Waals surface area contributed by atoms with Crippen molar-refractivity contribution in [3.8, 4) is 0 Å². The van der Waals surface area contributed by atoms with Crippen molar-refractivity contribution >= 4 is 41.4 Å². The molecule has 13 N–H and O–H groups in total. The number of hydrogen-bond acceptors (Lipinski definition) is 7. The Morgan fingerprint density at radius 1 is 0.865 bits per heavy atom. The molecule has 284 valence electrons. The fraction of sp³-hybridized carbons (Fsp3) is 0.441. The monoisotopic (exact) mass is 733 g/mol. The Labute approximate surface area is 298 Å². The number of carbonyl (C=O) groups excluding carboxylic acids is 4. The third-order valence-electron chi connectivity index (χ3n) is 8.25. The van der Waals surface area contributed by atoms with Crippen LogP contribution in [0.1, 0.15) is 55.2 Å². The molecule has 1 aliphatic carbocycles. The fourth-order valence-electron chi connectivity index (χ4n) is 5.46. The SMILES string of the molecule is N=C(N)NCCC[C@H](NC(=O)C1CCCC(CNC(=O)C(Cc2ccc(C(=N)N)cc2)C(=O)NCc2ccccc2)C1)C(N)=O.O=C(O)C(F)(F)F. The maximum atomic E-state index is 13.4. The second-order valence-electron chi connectivity index (χ2n) is 12.3. The van der Waals surface area contributed by atoms with Gasteiger partial charge in [0.2, 0.25) is 23.6 Å². The van der Waals surface area contributed by atoms with Gasteiger partial charge >= 0.3 is 12.1 Å². The van der Waals surface area contributed by atoms with Gasteiger partial charge in [-0.05, 0) is 55.6 Å². The zero-order valence-corrected chi connectivity index (χ0v) is 28.4. The molecule has 1 aliphatic rings. The van der Waals surface area contributed by atoms with Gasteiger partial charge in [0, 0.05) is 31.1 Å². The number of aliphatic carboxylic acids is 1. The van der Waals surface area contributed by atoms with Crippen LogP contribution in [-0.2, 0) is 36.9 Å². The van der Waals surface area contributed by atoms with Crippen LogP contribution in [0.5, 0.6) is 0 Å². The number of primary amides is 1. The second-order valence-corrected chi connectivity index (χ2v) is 12.3. The van der Waals surface area contributed by atoms with E-state index in [1.807, 2.05) is 30.3 Å². The highest BCUT2D eigenvalue weighted by Crippen LogP contribution is 2.29. The van der Waals surface area contributed by atoms with Crippen LogP contribution < -0.4 is 38.5 Å². The van der Waals surface area contributed by atoms with E-state index in [1.54, 1.807) is 24.3 Å². The van der Waals surface area contributed by atoms with Crippen LogP contribution in [0.4, 0.5) is 13.2 Å². The number of rotatable bonds is 16. The Kier molecular flexibility index (Phi) is 17.0. The van der Waals surface area contributed by atoms with Crippen LogP contribution in [0.25, 0.3) is 0 Å². The first-order valence-electron chi connectivity index (χ1n) is 16.5. The lowest BCUT2D eigenvalue weighted by atomic mass is 9.80. The number of nitrogens with one attached hydrogen (secondary N) is 6. The molecule has 52 heavy (non-hydrogen) atoms. The predicted molar refractivity (Wildman–Crippen MR) is 185 cm³/mol. The third-order valence-corrected chi connectivity index (χ3v) is 8.25. The number of alkyl halides is 3. The molecule has 1 fully saturated rings. The first kappa shape index (κ1) is 42.5. The van der Waals surface area contributed by atoms with Gasteiger partial charge in [-0.1, -0.05) is 61.0 Å². The van der Waals surface area contributed by atoms with Crippen molar-refractivity contribution in [2.75, 3.05) is 13.1 Å². The van der Waals surface area contributed by atoms with Crippen LogP contribution in [0.15, 0.2) is 54.6 Å². The molecule has 2 aromatic rings. The van der Waals surface area contributed by atoms with Crippen molar-refractivity contribution in [3.63, 3.8) is 0 Å². The molecule has 0 aliphatic heterocycles. The number of nitrogens with two attached hydrogens (primary N) is 3. The zero-order valence-electron chi connectivity index (χ0n) is 28.4. The van der Waals surface area contributed by atoms with Gasteiger partial charge in [-0.25, -0.2) is 4.79 Å². The molecule has 0 spiro atoms. The lowest BCUT2D eigenvalue weighted by Gasteiger charge is -2.30. The summed E-state index contributed by atoms with van der Waals surface area (Å²) in [6.45, 7) is 0.977. The summed E-state index contributed by atoms with van der Waals surface area (Å²) in [4.78, 5) is 60.6. The van der Waals surface area contributed by atoms with Gasteiger partial charge < -0.3 is 43.6 Å². The molecule has 0 radical (unpaired) electrons. The highest BCUT2D eigenvalue weighted by atomic mass is 19.4. The Hall–Kier alpha value is -5.68. The molecule has 0 heterocycles. The van der Waals surface area contributed by atoms with Crippen molar-refractivity contribution in [1.82, 2.24) is 21.3 Å². The minimum absolute atomic E-state index is 0.0214. The lowest BCUT2D eigenvalue weighted by Crippen LogP contribution is -2.48. The molecule has 4 amide bonds. The van der Waals surface area contributed by atoms with Gasteiger partial charge in [-0.15, -0.1) is 0 Å². The van der Waals surface area contributed by atoms with Crippen LogP contribution in [0, 0.1) is 28.6 Å². The van der Waals surface area contributed by atoms with Crippen LogP contribution in [0.2, 0.25) is 0 Å². The molecular formula is C34H46F3N9O6. The van der Waals surface area contributed by atoms with Crippen molar-refractivity contribution in [2.24, 2.45) is 35.0 Å². The summed E-state index contributed by atoms with van der Waals surface area (Å²) in [5.74, 6) is -5.98. The molecule has 3 unspecified atom stereocenters. The van der Waals surface area contributed by atoms with E-state index in [9.17, 15) is 32.3 Å². The number of guanidine groups is 1. The maximum absolute atomic E-state index is 13.4. The maximum Gasteiger partial charge on any atom is 0.490 e. The summed E-state index contributed by atoms with van der Waals surface area (Å²) >= 11 is 0. The summed E-state index contributed by atoms with van der Waals surface area (Å²) in [5.41, 5.74) is 18.6. The normalized spacial score (nSPS) is 16.4. The first-order valence-corrected chi connectivity index (χ1v) is 16.5. The number of amides is 4. The van der Waals surface area contributed by atoms with Crippen molar-refractivity contribution < 1.29 is 42.3 Å². The molecule has 15 nitrogen and oxygen atoms in total. The third kappa shape index (κ3) is 15.5. The van der Waals surface area contributed by atoms with E-state index in [1.165, 1.54) is 0 Å². The molecule has 1 saturated carbocycles. The minimum Gasteiger partial charge on any atom is -0.475 e. The van der Waals surface area contributed by atoms with E-state index < -0.39 is 41.8 Å². The second kappa shape index (κ2) is 20.9. The summed E-state index contributed by atoms with van der Waals surface area (Å²) < 4.78 is 31.7. The first-order chi connectivity index (χ1) is 24.5. The van der Waals surface area contributed by atoms with E-state index in [0.717, 1.165) is 24.0 Å². The Balaban J connectivity index is 0.00000121. The largest absolute Gasteiger partial charge is 0.490 e. The highest BCUT2D eigenvalue weighted by molar-refractivity contribution is 6.00. The summed E-state index contributed by atoms with van der Waals surface area (Å²) in [7, 11) is 0. The fourth-order valence-corrected chi connectivity index (χ4v) is 5.46. The molecule has 2 aromatic carbocycles. The number of carbonyl (C=O) groups is 5. The number of amidine groups is 1.